The van der Waals surface area contributed by atoms with Gasteiger partial charge in [-0.15, -0.1) is 0 Å². The molecule has 3 saturated heterocycles. The average molecular weight is 944 g/mol. The monoisotopic (exact) mass is 943 g/mol. The lowest BCUT2D eigenvalue weighted by molar-refractivity contribution is -0.150. The summed E-state index contributed by atoms with van der Waals surface area (Å²) in [7, 11) is 5.79. The van der Waals surface area contributed by atoms with Crippen LogP contribution in [0.5, 0.6) is 0 Å². The lowest BCUT2D eigenvalue weighted by Crippen LogP contribution is -2.61. The Morgan fingerprint density at radius 2 is 0.971 bits per heavy atom. The molecule has 6 rings (SSSR count). The Balaban J connectivity index is 1.43. The van der Waals surface area contributed by atoms with Gasteiger partial charge < -0.3 is 45.9 Å². The minimum absolute atomic E-state index is 0.181. The fourth-order valence-electron chi connectivity index (χ4n) is 11.3. The van der Waals surface area contributed by atoms with Crippen LogP contribution in [0.1, 0.15) is 102 Å². The fraction of sp³-hybridized carbons (Fsp3) is 0.520. The third-order valence-electron chi connectivity index (χ3n) is 14.3. The van der Waals surface area contributed by atoms with E-state index in [4.69, 9.17) is 20.9 Å². The summed E-state index contributed by atoms with van der Waals surface area (Å²) < 4.78 is 27.1. The number of carboxylic acid groups (broad SMARTS) is 2. The van der Waals surface area contributed by atoms with Gasteiger partial charge >= 0.3 is 12.2 Å². The molecule has 3 aromatic carbocycles. The molecule has 3 heterocycles. The Bertz CT molecular complexity index is 2250. The van der Waals surface area contributed by atoms with Crippen LogP contribution in [-0.4, -0.2) is 131 Å². The van der Waals surface area contributed by atoms with Gasteiger partial charge in [0.1, 0.15) is 41.2 Å². The molecule has 8 atom stereocenters. The van der Waals surface area contributed by atoms with Gasteiger partial charge in [-0.05, 0) is 83.0 Å². The van der Waals surface area contributed by atoms with Crippen molar-refractivity contribution >= 4 is 41.5 Å². The number of halogens is 1. The molecule has 3 aliphatic heterocycles. The number of carbonyl (C=O) groups is 6. The van der Waals surface area contributed by atoms with Gasteiger partial charge in [0, 0.05) is 47.1 Å². The van der Waals surface area contributed by atoms with Crippen LogP contribution in [0.15, 0.2) is 72.8 Å². The minimum Gasteiger partial charge on any atom is -0.465 e. The maximum absolute atomic E-state index is 14.6. The van der Waals surface area contributed by atoms with E-state index < -0.39 is 99.9 Å². The second-order valence-electron chi connectivity index (χ2n) is 20.4. The number of likely N-dealkylation sites (tertiary alicyclic amines) is 2. The van der Waals surface area contributed by atoms with Gasteiger partial charge in [-0.1, -0.05) is 90.1 Å². The van der Waals surface area contributed by atoms with Gasteiger partial charge in [-0.3, -0.25) is 29.0 Å². The van der Waals surface area contributed by atoms with E-state index in [2.05, 4.69) is 4.90 Å². The molecule has 17 nitrogen and oxygen atoms in total. The number of amides is 6. The van der Waals surface area contributed by atoms with Crippen LogP contribution in [-0.2, 0) is 39.7 Å². The van der Waals surface area contributed by atoms with Gasteiger partial charge in [-0.2, -0.15) is 0 Å². The van der Waals surface area contributed by atoms with Crippen molar-refractivity contribution in [3.8, 4) is 0 Å². The molecule has 0 unspecified atom stereocenters. The minimum atomic E-state index is -1.58. The maximum atomic E-state index is 14.6. The molecule has 3 fully saturated rings. The SMILES string of the molecule is CO[C@H]1[C@H](OC)[C@H](c2ccc([C@]3(C(N)=O)CCCN3C(=O)[C@@H](N(C)C(=O)O)C(C)(C)C)cc2)N(c2ccc(F)cc2)[C@H]1c1ccc([C@]2(C(N)=O)CCCN2C(=O)[C@@H](N(C)C(=O)O)C(C)(C)C)cc1. The number of rotatable bonds is 13. The number of benzene rings is 3. The molecule has 0 aromatic heterocycles. The first-order valence-corrected chi connectivity index (χ1v) is 22.8. The van der Waals surface area contributed by atoms with Crippen molar-refractivity contribution in [2.24, 2.45) is 22.3 Å². The number of hydrogen-bond acceptors (Lipinski definition) is 9. The van der Waals surface area contributed by atoms with E-state index in [9.17, 15) is 43.4 Å². The van der Waals surface area contributed by atoms with E-state index in [1.165, 1.54) is 36.0 Å². The van der Waals surface area contributed by atoms with Crippen molar-refractivity contribution in [1.82, 2.24) is 19.6 Å². The number of hydrogen-bond donors (Lipinski definition) is 4. The summed E-state index contributed by atoms with van der Waals surface area (Å²) in [6.45, 7) is 10.9. The van der Waals surface area contributed by atoms with Gasteiger partial charge in [-0.25, -0.2) is 14.0 Å². The lowest BCUT2D eigenvalue weighted by Gasteiger charge is -2.43. The first kappa shape index (κ1) is 51.1. The van der Waals surface area contributed by atoms with Crippen LogP contribution in [0.2, 0.25) is 0 Å². The molecular formula is C50H66FN7O10. The molecule has 0 spiro atoms. The van der Waals surface area contributed by atoms with E-state index in [1.54, 1.807) is 92.2 Å². The topological polar surface area (TPSA) is 230 Å². The lowest BCUT2D eigenvalue weighted by atomic mass is 9.81. The number of nitrogens with two attached hydrogens (primary N) is 2. The zero-order chi connectivity index (χ0) is 50.4. The normalized spacial score (nSPS) is 25.0. The summed E-state index contributed by atoms with van der Waals surface area (Å²) in [6, 6.07) is 16.8. The quantitative estimate of drug-likeness (QED) is 0.160. The highest BCUT2D eigenvalue weighted by Gasteiger charge is 2.56. The summed E-state index contributed by atoms with van der Waals surface area (Å²) in [5, 5.41) is 19.9. The Morgan fingerprint density at radius 1 is 0.632 bits per heavy atom. The average Bonchev–Trinajstić information content (AvgIpc) is 4.01. The van der Waals surface area contributed by atoms with E-state index in [0.717, 1.165) is 9.80 Å². The second-order valence-corrected chi connectivity index (χ2v) is 20.4. The Kier molecular flexibility index (Phi) is 14.3. The molecule has 3 aliphatic rings. The van der Waals surface area contributed by atoms with Crippen molar-refractivity contribution in [2.45, 2.75) is 115 Å². The van der Waals surface area contributed by atoms with Crippen molar-refractivity contribution in [1.29, 1.82) is 0 Å². The number of likely N-dealkylation sites (N-methyl/N-ethyl adjacent to an activating group) is 2. The van der Waals surface area contributed by atoms with E-state index >= 15 is 0 Å². The standard InChI is InChI=1S/C50H66FN7O10/c1-47(2,3)39(54(7)45(63)64)41(59)56-27-11-25-49(56,43(52)61)31-17-13-29(14-18-31)35-37(67-9)38(68-10)36(58(35)34-23-21-33(51)22-24-34)30-15-19-32(20-16-30)50(44(53)62)26-12-28-57(50)42(60)40(48(4,5)6)55(8)46(65)66/h13-24,35-40H,11-12,25-28H2,1-10H3,(H2,52,61)(H2,53,62)(H,63,64)(H,65,66)/t35-,36-,37+,38+,39+,40+,49-,50-/m0/s1. The highest BCUT2D eigenvalue weighted by Crippen LogP contribution is 2.51. The highest BCUT2D eigenvalue weighted by atomic mass is 19.1. The highest BCUT2D eigenvalue weighted by molar-refractivity contribution is 5.96. The van der Waals surface area contributed by atoms with Gasteiger partial charge in [0.25, 0.3) is 0 Å². The summed E-state index contributed by atoms with van der Waals surface area (Å²) >= 11 is 0. The Morgan fingerprint density at radius 3 is 1.25 bits per heavy atom. The molecule has 6 amide bonds. The molecule has 0 radical (unpaired) electrons. The zero-order valence-corrected chi connectivity index (χ0v) is 40.6. The van der Waals surface area contributed by atoms with E-state index in [0.29, 0.717) is 40.8 Å². The van der Waals surface area contributed by atoms with Gasteiger partial charge in [0.15, 0.2) is 0 Å². The second kappa shape index (κ2) is 19.0. The molecule has 6 N–H and O–H groups in total. The largest absolute Gasteiger partial charge is 0.465 e. The third-order valence-corrected chi connectivity index (χ3v) is 14.3. The molecule has 3 aromatic rings. The zero-order valence-electron chi connectivity index (χ0n) is 40.6. The maximum Gasteiger partial charge on any atom is 0.407 e. The predicted molar refractivity (Wildman–Crippen MR) is 251 cm³/mol. The van der Waals surface area contributed by atoms with Crippen molar-refractivity contribution in [2.75, 3.05) is 46.3 Å². The smallest absolute Gasteiger partial charge is 0.407 e. The number of carbonyl (C=O) groups excluding carboxylic acids is 4. The molecule has 18 heteroatoms. The predicted octanol–water partition coefficient (Wildman–Crippen LogP) is 5.81. The van der Waals surface area contributed by atoms with Crippen molar-refractivity contribution in [3.05, 3.63) is 101 Å². The summed E-state index contributed by atoms with van der Waals surface area (Å²) in [4.78, 5) is 87.5. The molecule has 0 bridgehead atoms. The van der Waals surface area contributed by atoms with E-state index in [-0.39, 0.29) is 25.9 Å². The summed E-state index contributed by atoms with van der Waals surface area (Å²) in [5.74, 6) is -3.03. The van der Waals surface area contributed by atoms with Crippen LogP contribution >= 0.6 is 0 Å². The van der Waals surface area contributed by atoms with Gasteiger partial charge in [0.05, 0.1) is 12.1 Å². The third kappa shape index (κ3) is 8.72. The van der Waals surface area contributed by atoms with Crippen LogP contribution in [0.3, 0.4) is 0 Å². The summed E-state index contributed by atoms with van der Waals surface area (Å²) in [5.41, 5.74) is 10.6. The van der Waals surface area contributed by atoms with Crippen molar-refractivity contribution < 1.29 is 52.8 Å². The van der Waals surface area contributed by atoms with Gasteiger partial charge in [0.2, 0.25) is 23.6 Å². The number of ether oxygens (including phenoxy) is 2. The number of nitrogens with zero attached hydrogens (tertiary/aromatic N) is 5. The fourth-order valence-corrected chi connectivity index (χ4v) is 11.3. The van der Waals surface area contributed by atoms with Crippen LogP contribution in [0.4, 0.5) is 19.7 Å². The molecule has 0 saturated carbocycles. The van der Waals surface area contributed by atoms with Crippen LogP contribution in [0, 0.1) is 16.6 Å². The first-order chi connectivity index (χ1) is 31.8. The van der Waals surface area contributed by atoms with Crippen molar-refractivity contribution in [3.63, 3.8) is 0 Å². The molecule has 0 aliphatic carbocycles. The number of anilines is 1. The first-order valence-electron chi connectivity index (χ1n) is 22.8. The van der Waals surface area contributed by atoms with Crippen LogP contribution in [0.25, 0.3) is 0 Å². The number of primary amides is 2. The molecule has 68 heavy (non-hydrogen) atoms. The Hall–Kier alpha value is -6.27. The molecule has 368 valence electrons. The number of methoxy groups -OCH3 is 2. The Labute approximate surface area is 397 Å². The molecular weight excluding hydrogens is 878 g/mol. The van der Waals surface area contributed by atoms with E-state index in [1.807, 2.05) is 24.3 Å². The summed E-state index contributed by atoms with van der Waals surface area (Å²) in [6.07, 6.45) is -2.56. The van der Waals surface area contributed by atoms with Crippen LogP contribution < -0.4 is 16.4 Å².